The van der Waals surface area contributed by atoms with Gasteiger partial charge in [0, 0.05) is 6.07 Å². The van der Waals surface area contributed by atoms with Crippen molar-refractivity contribution in [3.63, 3.8) is 0 Å². The fraction of sp³-hybridized carbons (Fsp3) is 0.500. The Morgan fingerprint density at radius 2 is 2.47 bits per heavy atom. The number of oxime groups is 1. The average Bonchev–Trinajstić information content (AvgIpc) is 3.04. The second-order valence-electron chi connectivity index (χ2n) is 4.18. The molecule has 0 bridgehead atoms. The molecule has 0 spiro atoms. The van der Waals surface area contributed by atoms with Gasteiger partial charge < -0.3 is 20.8 Å². The summed E-state index contributed by atoms with van der Waals surface area (Å²) in [4.78, 5) is 11.9. The molecular weight excluding hydrogens is 224 g/mol. The van der Waals surface area contributed by atoms with Crippen LogP contribution in [0.4, 0.5) is 0 Å². The van der Waals surface area contributed by atoms with E-state index in [1.54, 1.807) is 13.0 Å². The molecule has 17 heavy (non-hydrogen) atoms. The molecule has 4 N–H and O–H groups in total. The lowest BCUT2D eigenvalue weighted by atomic mass is 10.1. The normalized spacial score (nSPS) is 17.8. The van der Waals surface area contributed by atoms with Gasteiger partial charge in [0.15, 0.2) is 5.84 Å². The highest BCUT2D eigenvalue weighted by Gasteiger charge is 2.54. The molecule has 1 aromatic heterocycles. The highest BCUT2D eigenvalue weighted by molar-refractivity contribution is 6.09. The molecule has 0 radical (unpaired) electrons. The summed E-state index contributed by atoms with van der Waals surface area (Å²) in [5.74, 6) is 0.409. The molecule has 1 aromatic rings. The maximum atomic E-state index is 11.9. The van der Waals surface area contributed by atoms with Crippen molar-refractivity contribution in [1.29, 1.82) is 0 Å². The Balaban J connectivity index is 1.94. The lowest BCUT2D eigenvalue weighted by molar-refractivity contribution is -0.124. The SMILES string of the molecule is Cc1cc(CNC(=O)C2(C(N)=NO)CC2)no1. The van der Waals surface area contributed by atoms with Crippen molar-refractivity contribution in [3.05, 3.63) is 17.5 Å². The van der Waals surface area contributed by atoms with E-state index in [1.807, 2.05) is 0 Å². The number of hydrogen-bond acceptors (Lipinski definition) is 5. The number of nitrogens with zero attached hydrogens (tertiary/aromatic N) is 2. The van der Waals surface area contributed by atoms with E-state index in [9.17, 15) is 4.79 Å². The Morgan fingerprint density at radius 3 is 2.94 bits per heavy atom. The van der Waals surface area contributed by atoms with Crippen molar-refractivity contribution in [2.75, 3.05) is 0 Å². The zero-order chi connectivity index (χ0) is 12.5. The lowest BCUT2D eigenvalue weighted by Gasteiger charge is -2.12. The van der Waals surface area contributed by atoms with E-state index in [0.29, 0.717) is 24.3 Å². The Hall–Kier alpha value is -2.05. The van der Waals surface area contributed by atoms with Gasteiger partial charge in [0.05, 0.1) is 6.54 Å². The van der Waals surface area contributed by atoms with Gasteiger partial charge in [-0.2, -0.15) is 0 Å². The summed E-state index contributed by atoms with van der Waals surface area (Å²) in [5, 5.41) is 18.0. The van der Waals surface area contributed by atoms with Gasteiger partial charge >= 0.3 is 0 Å². The number of aryl methyl sites for hydroxylation is 1. The lowest BCUT2D eigenvalue weighted by Crippen LogP contribution is -2.40. The number of rotatable bonds is 4. The second kappa shape index (κ2) is 4.08. The van der Waals surface area contributed by atoms with E-state index >= 15 is 0 Å². The summed E-state index contributed by atoms with van der Waals surface area (Å²) in [6, 6.07) is 1.74. The van der Waals surface area contributed by atoms with Crippen LogP contribution in [0.25, 0.3) is 0 Å². The largest absolute Gasteiger partial charge is 0.409 e. The van der Waals surface area contributed by atoms with Crippen LogP contribution in [-0.2, 0) is 11.3 Å². The standard InChI is InChI=1S/C10H14N4O3/c1-6-4-7(14-17-6)5-12-9(15)10(2-3-10)8(11)13-16/h4,16H,2-3,5H2,1H3,(H2,11,13)(H,12,15). The topological polar surface area (TPSA) is 114 Å². The van der Waals surface area contributed by atoms with Crippen LogP contribution in [0.2, 0.25) is 0 Å². The molecule has 92 valence electrons. The van der Waals surface area contributed by atoms with E-state index in [2.05, 4.69) is 15.6 Å². The second-order valence-corrected chi connectivity index (χ2v) is 4.18. The molecule has 0 aromatic carbocycles. The third-order valence-electron chi connectivity index (χ3n) is 2.89. The van der Waals surface area contributed by atoms with Crippen LogP contribution in [0.5, 0.6) is 0 Å². The van der Waals surface area contributed by atoms with Crippen LogP contribution in [0, 0.1) is 12.3 Å². The molecule has 0 unspecified atom stereocenters. The number of amidine groups is 1. The van der Waals surface area contributed by atoms with Gasteiger partial charge in [-0.05, 0) is 19.8 Å². The van der Waals surface area contributed by atoms with E-state index in [4.69, 9.17) is 15.5 Å². The number of carbonyl (C=O) groups excluding carboxylic acids is 1. The van der Waals surface area contributed by atoms with Gasteiger partial charge in [-0.15, -0.1) is 0 Å². The summed E-state index contributed by atoms with van der Waals surface area (Å²) >= 11 is 0. The minimum Gasteiger partial charge on any atom is -0.409 e. The molecule has 0 atom stereocenters. The minimum absolute atomic E-state index is 0.0358. The Labute approximate surface area is 97.6 Å². The summed E-state index contributed by atoms with van der Waals surface area (Å²) in [6.07, 6.45) is 1.21. The first-order valence-corrected chi connectivity index (χ1v) is 5.27. The zero-order valence-electron chi connectivity index (χ0n) is 9.43. The van der Waals surface area contributed by atoms with Gasteiger partial charge in [0.2, 0.25) is 5.91 Å². The summed E-state index contributed by atoms with van der Waals surface area (Å²) < 4.78 is 4.88. The molecule has 1 fully saturated rings. The predicted molar refractivity (Wildman–Crippen MR) is 58.2 cm³/mol. The summed E-state index contributed by atoms with van der Waals surface area (Å²) in [6.45, 7) is 2.05. The molecule has 0 aliphatic heterocycles. The van der Waals surface area contributed by atoms with Gasteiger partial charge in [-0.1, -0.05) is 10.3 Å². The highest BCUT2D eigenvalue weighted by Crippen LogP contribution is 2.46. The third kappa shape index (κ3) is 2.08. The first kappa shape index (κ1) is 11.4. The third-order valence-corrected chi connectivity index (χ3v) is 2.89. The first-order chi connectivity index (χ1) is 8.08. The Kier molecular flexibility index (Phi) is 2.74. The van der Waals surface area contributed by atoms with Gasteiger partial charge in [-0.3, -0.25) is 4.79 Å². The fourth-order valence-corrected chi connectivity index (χ4v) is 1.66. The molecule has 1 saturated carbocycles. The van der Waals surface area contributed by atoms with Crippen molar-refractivity contribution < 1.29 is 14.5 Å². The molecule has 1 aliphatic carbocycles. The number of hydrogen-bond donors (Lipinski definition) is 3. The molecule has 7 heteroatoms. The molecule has 7 nitrogen and oxygen atoms in total. The predicted octanol–water partition coefficient (Wildman–Crippen LogP) is 0.126. The number of aromatic nitrogens is 1. The van der Waals surface area contributed by atoms with Crippen LogP contribution < -0.4 is 11.1 Å². The van der Waals surface area contributed by atoms with Gasteiger partial charge in [-0.25, -0.2) is 0 Å². The van der Waals surface area contributed by atoms with E-state index in [0.717, 1.165) is 0 Å². The van der Waals surface area contributed by atoms with E-state index < -0.39 is 5.41 Å². The summed E-state index contributed by atoms with van der Waals surface area (Å²) in [7, 11) is 0. The van der Waals surface area contributed by atoms with Gasteiger partial charge in [0.25, 0.3) is 0 Å². The van der Waals surface area contributed by atoms with Crippen molar-refractivity contribution >= 4 is 11.7 Å². The smallest absolute Gasteiger partial charge is 0.234 e. The number of nitrogens with two attached hydrogens (primary N) is 1. The summed E-state index contributed by atoms with van der Waals surface area (Å²) in [5.41, 5.74) is 5.31. The zero-order valence-corrected chi connectivity index (χ0v) is 9.43. The average molecular weight is 238 g/mol. The quantitative estimate of drug-likeness (QED) is 0.298. The molecular formula is C10H14N4O3. The maximum Gasteiger partial charge on any atom is 0.234 e. The fourth-order valence-electron chi connectivity index (χ4n) is 1.66. The van der Waals surface area contributed by atoms with Crippen LogP contribution in [0.3, 0.4) is 0 Å². The molecule has 1 heterocycles. The Morgan fingerprint density at radius 1 is 1.76 bits per heavy atom. The molecule has 1 amide bonds. The monoisotopic (exact) mass is 238 g/mol. The van der Waals surface area contributed by atoms with Crippen molar-refractivity contribution in [2.45, 2.75) is 26.3 Å². The van der Waals surface area contributed by atoms with Crippen molar-refractivity contribution in [1.82, 2.24) is 10.5 Å². The van der Waals surface area contributed by atoms with E-state index in [-0.39, 0.29) is 18.3 Å². The number of carbonyl (C=O) groups is 1. The first-order valence-electron chi connectivity index (χ1n) is 5.27. The molecule has 2 rings (SSSR count). The van der Waals surface area contributed by atoms with Crippen LogP contribution in [-0.4, -0.2) is 22.1 Å². The highest BCUT2D eigenvalue weighted by atomic mass is 16.5. The molecule has 0 saturated heterocycles. The van der Waals surface area contributed by atoms with E-state index in [1.165, 1.54) is 0 Å². The minimum atomic E-state index is -0.826. The van der Waals surface area contributed by atoms with Crippen molar-refractivity contribution in [2.24, 2.45) is 16.3 Å². The molecule has 1 aliphatic rings. The number of amides is 1. The Bertz CT molecular complexity index is 462. The van der Waals surface area contributed by atoms with Crippen molar-refractivity contribution in [3.8, 4) is 0 Å². The van der Waals surface area contributed by atoms with Gasteiger partial charge in [0.1, 0.15) is 16.9 Å². The van der Waals surface area contributed by atoms with Crippen LogP contribution >= 0.6 is 0 Å². The maximum absolute atomic E-state index is 11.9. The van der Waals surface area contributed by atoms with Crippen LogP contribution in [0.1, 0.15) is 24.3 Å². The number of nitrogens with one attached hydrogen (secondary N) is 1. The van der Waals surface area contributed by atoms with Crippen LogP contribution in [0.15, 0.2) is 15.7 Å².